The molecule has 0 amide bonds. The van der Waals surface area contributed by atoms with Gasteiger partial charge in [-0.25, -0.2) is 0 Å². The minimum atomic E-state index is -0.0453. The van der Waals surface area contributed by atoms with Gasteiger partial charge < -0.3 is 4.90 Å². The van der Waals surface area contributed by atoms with E-state index in [0.29, 0.717) is 0 Å². The molecule has 3 heteroatoms. The van der Waals surface area contributed by atoms with E-state index in [2.05, 4.69) is 231 Å². The number of fused-ring (bicyclic) bond motifs is 11. The van der Waals surface area contributed by atoms with E-state index in [1.807, 2.05) is 22.7 Å². The van der Waals surface area contributed by atoms with Gasteiger partial charge in [0.05, 0.1) is 0 Å². The molecule has 1 nitrogen and oxygen atoms in total. The van der Waals surface area contributed by atoms with Gasteiger partial charge in [0.2, 0.25) is 0 Å². The maximum absolute atomic E-state index is 2.40. The lowest BCUT2D eigenvalue weighted by Gasteiger charge is -2.26. The molecule has 302 valence electrons. The van der Waals surface area contributed by atoms with Gasteiger partial charge in [0.1, 0.15) is 0 Å². The average molecular weight is 852 g/mol. The lowest BCUT2D eigenvalue weighted by molar-refractivity contribution is 0.660. The van der Waals surface area contributed by atoms with Crippen LogP contribution in [0.3, 0.4) is 0 Å². The first-order chi connectivity index (χ1) is 31.5. The lowest BCUT2D eigenvalue weighted by Crippen LogP contribution is -2.14. The molecule has 0 saturated heterocycles. The normalized spacial score (nSPS) is 13.0. The molecule has 0 aliphatic heterocycles. The topological polar surface area (TPSA) is 3.24 Å². The van der Waals surface area contributed by atoms with Gasteiger partial charge in [-0.1, -0.05) is 184 Å². The van der Waals surface area contributed by atoms with Crippen LogP contribution in [-0.2, 0) is 5.41 Å². The van der Waals surface area contributed by atoms with E-state index in [1.54, 1.807) is 0 Å². The first-order valence-electron chi connectivity index (χ1n) is 22.1. The highest BCUT2D eigenvalue weighted by molar-refractivity contribution is 7.27. The second-order valence-electron chi connectivity index (χ2n) is 17.6. The molecule has 0 atom stereocenters. The zero-order valence-corrected chi connectivity index (χ0v) is 37.1. The summed E-state index contributed by atoms with van der Waals surface area (Å²) in [7, 11) is 0. The fraction of sp³-hybridized carbons (Fsp3) is 0.0492. The molecular formula is C61H41NS2. The van der Waals surface area contributed by atoms with E-state index in [0.717, 1.165) is 17.1 Å². The Balaban J connectivity index is 0.917. The number of thiophene rings is 2. The van der Waals surface area contributed by atoms with Crippen LogP contribution in [0.4, 0.5) is 17.1 Å². The molecule has 2 aromatic heterocycles. The van der Waals surface area contributed by atoms with Crippen LogP contribution in [0, 0.1) is 0 Å². The van der Waals surface area contributed by atoms with E-state index < -0.39 is 0 Å². The van der Waals surface area contributed by atoms with Crippen LogP contribution in [0.25, 0.3) is 95.6 Å². The predicted octanol–water partition coefficient (Wildman–Crippen LogP) is 18.4. The van der Waals surface area contributed by atoms with Crippen molar-refractivity contribution in [3.8, 4) is 44.5 Å². The smallest absolute Gasteiger partial charge is 0.0462 e. The number of benzene rings is 10. The summed E-state index contributed by atoms with van der Waals surface area (Å²) >= 11 is 3.79. The van der Waals surface area contributed by atoms with E-state index in [4.69, 9.17) is 0 Å². The molecule has 0 radical (unpaired) electrons. The van der Waals surface area contributed by atoms with E-state index in [9.17, 15) is 0 Å². The Bertz CT molecular complexity index is 3790. The van der Waals surface area contributed by atoms with Crippen LogP contribution in [-0.4, -0.2) is 0 Å². The zero-order chi connectivity index (χ0) is 42.5. The van der Waals surface area contributed by atoms with Crippen molar-refractivity contribution in [1.82, 2.24) is 0 Å². The first kappa shape index (κ1) is 37.3. The SMILES string of the molecule is CC1(C)c2ccccc2-c2c(-c3ccc(N(c4ccc(-c5cccc6c5sc5ccccc56)cc4)c4ccc(-c5cccc6c5sc5c7ccccc7ccc65)cc4)cc3)cccc21. The van der Waals surface area contributed by atoms with Crippen LogP contribution in [0.5, 0.6) is 0 Å². The maximum atomic E-state index is 2.40. The second-order valence-corrected chi connectivity index (χ2v) is 19.7. The molecule has 0 N–H and O–H groups in total. The molecule has 64 heavy (non-hydrogen) atoms. The van der Waals surface area contributed by atoms with Gasteiger partial charge in [0, 0.05) is 62.8 Å². The second kappa shape index (κ2) is 14.4. The summed E-state index contributed by atoms with van der Waals surface area (Å²) in [6, 6.07) is 78.9. The van der Waals surface area contributed by atoms with Crippen LogP contribution < -0.4 is 4.90 Å². The first-order valence-corrected chi connectivity index (χ1v) is 23.7. The lowest BCUT2D eigenvalue weighted by atomic mass is 9.82. The van der Waals surface area contributed by atoms with Gasteiger partial charge in [-0.15, -0.1) is 22.7 Å². The predicted molar refractivity (Wildman–Crippen MR) is 278 cm³/mol. The van der Waals surface area contributed by atoms with Crippen molar-refractivity contribution < 1.29 is 0 Å². The Kier molecular flexibility index (Phi) is 8.37. The van der Waals surface area contributed by atoms with Crippen molar-refractivity contribution in [1.29, 1.82) is 0 Å². The van der Waals surface area contributed by atoms with Crippen LogP contribution in [0.2, 0.25) is 0 Å². The van der Waals surface area contributed by atoms with Crippen LogP contribution in [0.15, 0.2) is 212 Å². The Morgan fingerprint density at radius 1 is 0.328 bits per heavy atom. The Morgan fingerprint density at radius 3 is 1.48 bits per heavy atom. The third kappa shape index (κ3) is 5.68. The molecule has 13 rings (SSSR count). The summed E-state index contributed by atoms with van der Waals surface area (Å²) in [5, 5.41) is 7.89. The summed E-state index contributed by atoms with van der Waals surface area (Å²) in [6.07, 6.45) is 0. The number of nitrogens with zero attached hydrogens (tertiary/aromatic N) is 1. The molecule has 1 aliphatic carbocycles. The average Bonchev–Trinajstić information content (AvgIpc) is 4.00. The molecule has 0 spiro atoms. The molecule has 1 aliphatic rings. The molecule has 12 aromatic rings. The van der Waals surface area contributed by atoms with Crippen molar-refractivity contribution >= 4 is 90.9 Å². The largest absolute Gasteiger partial charge is 0.311 e. The van der Waals surface area contributed by atoms with Crippen molar-refractivity contribution in [2.45, 2.75) is 19.3 Å². The third-order valence-corrected chi connectivity index (χ3v) is 16.2. The Morgan fingerprint density at radius 2 is 0.797 bits per heavy atom. The minimum absolute atomic E-state index is 0.0453. The molecule has 0 fully saturated rings. The highest BCUT2D eigenvalue weighted by Crippen LogP contribution is 2.52. The highest BCUT2D eigenvalue weighted by Gasteiger charge is 2.36. The van der Waals surface area contributed by atoms with Gasteiger partial charge in [-0.2, -0.15) is 0 Å². The Labute approximate surface area is 380 Å². The fourth-order valence-corrected chi connectivity index (χ4v) is 13.2. The monoisotopic (exact) mass is 851 g/mol. The van der Waals surface area contributed by atoms with E-state index >= 15 is 0 Å². The summed E-state index contributed by atoms with van der Waals surface area (Å²) < 4.78 is 5.34. The summed E-state index contributed by atoms with van der Waals surface area (Å²) in [4.78, 5) is 2.40. The van der Waals surface area contributed by atoms with E-state index in [-0.39, 0.29) is 5.41 Å². The fourth-order valence-electron chi connectivity index (χ4n) is 10.5. The van der Waals surface area contributed by atoms with Crippen molar-refractivity contribution in [2.24, 2.45) is 0 Å². The van der Waals surface area contributed by atoms with Gasteiger partial charge >= 0.3 is 0 Å². The summed E-state index contributed by atoms with van der Waals surface area (Å²) in [5.41, 5.74) is 16.3. The van der Waals surface area contributed by atoms with E-state index in [1.165, 1.54) is 107 Å². The summed E-state index contributed by atoms with van der Waals surface area (Å²) in [6.45, 7) is 4.71. The van der Waals surface area contributed by atoms with Gasteiger partial charge in [-0.05, 0) is 109 Å². The van der Waals surface area contributed by atoms with Crippen molar-refractivity contribution in [2.75, 3.05) is 4.90 Å². The quantitative estimate of drug-likeness (QED) is 0.161. The van der Waals surface area contributed by atoms with Crippen molar-refractivity contribution in [3.05, 3.63) is 223 Å². The zero-order valence-electron chi connectivity index (χ0n) is 35.5. The number of hydrogen-bond donors (Lipinski definition) is 0. The summed E-state index contributed by atoms with van der Waals surface area (Å²) in [5.74, 6) is 0. The Hall–Kier alpha value is -7.30. The van der Waals surface area contributed by atoms with Crippen LogP contribution >= 0.6 is 22.7 Å². The molecule has 0 saturated carbocycles. The number of rotatable bonds is 6. The van der Waals surface area contributed by atoms with Crippen LogP contribution in [0.1, 0.15) is 25.0 Å². The highest BCUT2D eigenvalue weighted by atomic mass is 32.1. The minimum Gasteiger partial charge on any atom is -0.311 e. The molecular weight excluding hydrogens is 811 g/mol. The standard InChI is InChI=1S/C61H41NS2/c1-61(2)54-21-7-5-15-53(54)57-45(16-11-22-55(57)61)39-24-31-42(32-25-39)62(43-33-26-40(27-34-43)47-17-9-19-50-49-14-6-8-23-56(49)63-58(47)50)44-35-28-41(29-36-44)48-18-10-20-51-52-37-30-38-12-3-4-13-46(38)60(52)64-59(48)51/h3-37H,1-2H3. The van der Waals surface area contributed by atoms with Gasteiger partial charge in [-0.3, -0.25) is 0 Å². The van der Waals surface area contributed by atoms with Gasteiger partial charge in [0.25, 0.3) is 0 Å². The number of hydrogen-bond acceptors (Lipinski definition) is 3. The maximum Gasteiger partial charge on any atom is 0.0462 e. The molecule has 10 aromatic carbocycles. The number of anilines is 3. The third-order valence-electron chi connectivity index (χ3n) is 13.7. The van der Waals surface area contributed by atoms with Gasteiger partial charge in [0.15, 0.2) is 0 Å². The molecule has 0 unspecified atom stereocenters. The molecule has 0 bridgehead atoms. The van der Waals surface area contributed by atoms with Crippen molar-refractivity contribution in [3.63, 3.8) is 0 Å². The molecule has 2 heterocycles.